The van der Waals surface area contributed by atoms with E-state index < -0.39 is 0 Å². The molecule has 3 heterocycles. The van der Waals surface area contributed by atoms with Gasteiger partial charge in [-0.1, -0.05) is 0 Å². The van der Waals surface area contributed by atoms with Crippen LogP contribution in [0.4, 0.5) is 11.6 Å². The van der Waals surface area contributed by atoms with Crippen molar-refractivity contribution in [1.29, 1.82) is 0 Å². The molecule has 0 aromatic carbocycles. The second kappa shape index (κ2) is 6.95. The van der Waals surface area contributed by atoms with Gasteiger partial charge in [-0.05, 0) is 26.9 Å². The normalized spacial score (nSPS) is 16.1. The van der Waals surface area contributed by atoms with E-state index in [4.69, 9.17) is 0 Å². The zero-order valence-electron chi connectivity index (χ0n) is 14.1. The Morgan fingerprint density at radius 1 is 1.26 bits per heavy atom. The summed E-state index contributed by atoms with van der Waals surface area (Å²) in [6.07, 6.45) is 8.11. The summed E-state index contributed by atoms with van der Waals surface area (Å²) in [6.45, 7) is 2.95. The van der Waals surface area contributed by atoms with E-state index in [1.54, 1.807) is 6.33 Å². The second-order valence-corrected chi connectivity index (χ2v) is 6.26. The molecular formula is C16H25N7. The van der Waals surface area contributed by atoms with Crippen molar-refractivity contribution >= 4 is 11.6 Å². The Morgan fingerprint density at radius 3 is 2.70 bits per heavy atom. The minimum absolute atomic E-state index is 0.244. The number of aromatic nitrogens is 4. The Bertz CT molecular complexity index is 631. The summed E-state index contributed by atoms with van der Waals surface area (Å²) in [6, 6.07) is 2.29. The number of rotatable bonds is 6. The van der Waals surface area contributed by atoms with Crippen LogP contribution in [0.5, 0.6) is 0 Å². The molecule has 23 heavy (non-hydrogen) atoms. The average Bonchev–Trinajstić information content (AvgIpc) is 3.19. The summed E-state index contributed by atoms with van der Waals surface area (Å²) >= 11 is 0. The fourth-order valence-corrected chi connectivity index (χ4v) is 2.97. The van der Waals surface area contributed by atoms with Crippen LogP contribution in [0, 0.1) is 0 Å². The fourth-order valence-electron chi connectivity index (χ4n) is 2.97. The van der Waals surface area contributed by atoms with Crippen LogP contribution in [0.25, 0.3) is 0 Å². The van der Waals surface area contributed by atoms with Crippen LogP contribution in [-0.2, 0) is 7.05 Å². The molecule has 0 aliphatic carbocycles. The largest absolute Gasteiger partial charge is 0.368 e. The van der Waals surface area contributed by atoms with Crippen LogP contribution < -0.4 is 10.2 Å². The smallest absolute Gasteiger partial charge is 0.134 e. The van der Waals surface area contributed by atoms with Gasteiger partial charge in [0.25, 0.3) is 0 Å². The number of hydrogen-bond acceptors (Lipinski definition) is 6. The molecule has 2 aromatic rings. The molecule has 3 rings (SSSR count). The lowest BCUT2D eigenvalue weighted by molar-refractivity contribution is 0.311. The molecule has 1 atom stereocenters. The highest BCUT2D eigenvalue weighted by molar-refractivity contribution is 5.49. The first-order chi connectivity index (χ1) is 11.1. The molecule has 0 radical (unpaired) electrons. The summed E-state index contributed by atoms with van der Waals surface area (Å²) in [5.74, 6) is 1.89. The van der Waals surface area contributed by atoms with E-state index in [0.29, 0.717) is 0 Å². The van der Waals surface area contributed by atoms with Crippen LogP contribution in [0.15, 0.2) is 24.8 Å². The van der Waals surface area contributed by atoms with Crippen LogP contribution in [-0.4, -0.2) is 58.4 Å². The van der Waals surface area contributed by atoms with Crippen molar-refractivity contribution in [2.24, 2.45) is 7.05 Å². The van der Waals surface area contributed by atoms with E-state index >= 15 is 0 Å². The highest BCUT2D eigenvalue weighted by Crippen LogP contribution is 2.21. The lowest BCUT2D eigenvalue weighted by Gasteiger charge is -2.24. The Morgan fingerprint density at radius 2 is 2.04 bits per heavy atom. The number of nitrogens with zero attached hydrogens (tertiary/aromatic N) is 6. The highest BCUT2D eigenvalue weighted by atomic mass is 15.3. The quantitative estimate of drug-likeness (QED) is 0.872. The zero-order chi connectivity index (χ0) is 16.2. The van der Waals surface area contributed by atoms with Gasteiger partial charge >= 0.3 is 0 Å². The molecule has 0 spiro atoms. The summed E-state index contributed by atoms with van der Waals surface area (Å²) in [4.78, 5) is 13.3. The van der Waals surface area contributed by atoms with Gasteiger partial charge in [-0.25, -0.2) is 9.97 Å². The number of hydrogen-bond donors (Lipinski definition) is 1. The molecule has 124 valence electrons. The van der Waals surface area contributed by atoms with Gasteiger partial charge in [-0.2, -0.15) is 5.10 Å². The van der Waals surface area contributed by atoms with Crippen molar-refractivity contribution in [3.63, 3.8) is 0 Å². The molecular weight excluding hydrogens is 290 g/mol. The standard InChI is InChI=1S/C16H25N7/c1-21(2)14(13-9-20-22(3)11-13)10-17-15-8-16(19-12-18-15)23-6-4-5-7-23/h8-9,11-12,14H,4-7,10H2,1-3H3,(H,17,18,19)/t14-/m0/s1. The van der Waals surface area contributed by atoms with Crippen molar-refractivity contribution in [3.05, 3.63) is 30.4 Å². The number of likely N-dealkylation sites (N-methyl/N-ethyl adjacent to an activating group) is 1. The lowest BCUT2D eigenvalue weighted by Crippen LogP contribution is -2.27. The van der Waals surface area contributed by atoms with E-state index in [1.807, 2.05) is 24.0 Å². The Kier molecular flexibility index (Phi) is 4.76. The summed E-state index contributed by atoms with van der Waals surface area (Å²) in [7, 11) is 6.10. The topological polar surface area (TPSA) is 62.1 Å². The molecule has 1 fully saturated rings. The SMILES string of the molecule is CN(C)[C@@H](CNc1cc(N2CCCC2)ncn1)c1cnn(C)c1. The minimum atomic E-state index is 0.244. The predicted molar refractivity (Wildman–Crippen MR) is 91.6 cm³/mol. The molecule has 1 aliphatic rings. The molecule has 7 heteroatoms. The maximum absolute atomic E-state index is 4.40. The van der Waals surface area contributed by atoms with Crippen molar-refractivity contribution in [2.75, 3.05) is 43.9 Å². The third kappa shape index (κ3) is 3.79. The van der Waals surface area contributed by atoms with Crippen LogP contribution in [0.1, 0.15) is 24.4 Å². The van der Waals surface area contributed by atoms with E-state index in [9.17, 15) is 0 Å². The maximum Gasteiger partial charge on any atom is 0.134 e. The lowest BCUT2D eigenvalue weighted by atomic mass is 10.1. The van der Waals surface area contributed by atoms with E-state index in [0.717, 1.165) is 31.3 Å². The second-order valence-electron chi connectivity index (χ2n) is 6.26. The third-order valence-corrected chi connectivity index (χ3v) is 4.29. The van der Waals surface area contributed by atoms with Crippen molar-refractivity contribution < 1.29 is 0 Å². The van der Waals surface area contributed by atoms with Gasteiger partial charge in [0.1, 0.15) is 18.0 Å². The monoisotopic (exact) mass is 315 g/mol. The molecule has 0 bridgehead atoms. The molecule has 0 unspecified atom stereocenters. The summed E-state index contributed by atoms with van der Waals surface area (Å²) in [5, 5.41) is 7.71. The van der Waals surface area contributed by atoms with Gasteiger partial charge in [-0.15, -0.1) is 0 Å². The minimum Gasteiger partial charge on any atom is -0.368 e. The molecule has 0 amide bonds. The van der Waals surface area contributed by atoms with Gasteiger partial charge in [0.05, 0.1) is 12.2 Å². The van der Waals surface area contributed by atoms with Crippen LogP contribution >= 0.6 is 0 Å². The maximum atomic E-state index is 4.40. The molecule has 1 saturated heterocycles. The van der Waals surface area contributed by atoms with Gasteiger partial charge in [0.2, 0.25) is 0 Å². The Labute approximate surface area is 137 Å². The van der Waals surface area contributed by atoms with E-state index in [2.05, 4.69) is 50.5 Å². The molecule has 1 aliphatic heterocycles. The molecule has 7 nitrogen and oxygen atoms in total. The Balaban J connectivity index is 1.67. The van der Waals surface area contributed by atoms with Crippen molar-refractivity contribution in [3.8, 4) is 0 Å². The Hall–Kier alpha value is -2.15. The first-order valence-electron chi connectivity index (χ1n) is 8.09. The summed E-state index contributed by atoms with van der Waals surface area (Å²) < 4.78 is 1.84. The first kappa shape index (κ1) is 15.7. The van der Waals surface area contributed by atoms with Crippen molar-refractivity contribution in [1.82, 2.24) is 24.6 Å². The number of aryl methyl sites for hydroxylation is 1. The molecule has 0 saturated carbocycles. The summed E-state index contributed by atoms with van der Waals surface area (Å²) in [5.41, 5.74) is 1.19. The fraction of sp³-hybridized carbons (Fsp3) is 0.562. The van der Waals surface area contributed by atoms with Crippen LogP contribution in [0.2, 0.25) is 0 Å². The first-order valence-corrected chi connectivity index (χ1v) is 8.09. The van der Waals surface area contributed by atoms with Crippen LogP contribution in [0.3, 0.4) is 0 Å². The van der Waals surface area contributed by atoms with Crippen molar-refractivity contribution in [2.45, 2.75) is 18.9 Å². The van der Waals surface area contributed by atoms with E-state index in [-0.39, 0.29) is 6.04 Å². The third-order valence-electron chi connectivity index (χ3n) is 4.29. The molecule has 2 aromatic heterocycles. The number of anilines is 2. The zero-order valence-corrected chi connectivity index (χ0v) is 14.1. The predicted octanol–water partition coefficient (Wildman–Crippen LogP) is 1.53. The highest BCUT2D eigenvalue weighted by Gasteiger charge is 2.17. The van der Waals surface area contributed by atoms with E-state index in [1.165, 1.54) is 18.4 Å². The molecule has 1 N–H and O–H groups in total. The number of nitrogens with one attached hydrogen (secondary N) is 1. The van der Waals surface area contributed by atoms with Gasteiger partial charge in [0, 0.05) is 44.5 Å². The average molecular weight is 315 g/mol. The van der Waals surface area contributed by atoms with Gasteiger partial charge < -0.3 is 15.1 Å². The van der Waals surface area contributed by atoms with Gasteiger partial charge in [-0.3, -0.25) is 4.68 Å². The van der Waals surface area contributed by atoms with Gasteiger partial charge in [0.15, 0.2) is 0 Å².